The van der Waals surface area contributed by atoms with Crippen LogP contribution < -0.4 is 10.6 Å². The van der Waals surface area contributed by atoms with Gasteiger partial charge in [-0.3, -0.25) is 0 Å². The molecule has 0 heterocycles. The monoisotopic (exact) mass is 408 g/mol. The van der Waals surface area contributed by atoms with Crippen LogP contribution in [0.3, 0.4) is 0 Å². The molecule has 0 atom stereocenters. The van der Waals surface area contributed by atoms with Gasteiger partial charge in [0.25, 0.3) is 0 Å². The molecular weight excluding hydrogens is 392 g/mol. The first-order valence-corrected chi connectivity index (χ1v) is 9.27. The highest BCUT2D eigenvalue weighted by molar-refractivity contribution is 9.10. The molecule has 0 amide bonds. The van der Waals surface area contributed by atoms with Crippen LogP contribution in [0.5, 0.6) is 0 Å². The first-order valence-electron chi connectivity index (χ1n) is 7.69. The van der Waals surface area contributed by atoms with Crippen LogP contribution in [0.1, 0.15) is 31.2 Å². The molecular formula is C18H18BrClN2S. The van der Waals surface area contributed by atoms with Crippen molar-refractivity contribution in [2.75, 3.05) is 5.32 Å². The minimum atomic E-state index is -0.169. The Hall–Kier alpha value is -1.10. The summed E-state index contributed by atoms with van der Waals surface area (Å²) in [5.74, 6) is 0. The maximum atomic E-state index is 6.45. The van der Waals surface area contributed by atoms with Crippen molar-refractivity contribution in [3.63, 3.8) is 0 Å². The second-order valence-electron chi connectivity index (χ2n) is 5.86. The van der Waals surface area contributed by atoms with Gasteiger partial charge in [-0.1, -0.05) is 58.6 Å². The Balaban J connectivity index is 1.79. The average Bonchev–Trinajstić information content (AvgIpc) is 2.99. The molecule has 1 fully saturated rings. The van der Waals surface area contributed by atoms with Crippen molar-refractivity contribution in [1.82, 2.24) is 5.32 Å². The van der Waals surface area contributed by atoms with Crippen molar-refractivity contribution in [1.29, 1.82) is 0 Å². The van der Waals surface area contributed by atoms with Gasteiger partial charge in [0.2, 0.25) is 0 Å². The van der Waals surface area contributed by atoms with Crippen molar-refractivity contribution in [2.45, 2.75) is 31.2 Å². The summed E-state index contributed by atoms with van der Waals surface area (Å²) < 4.78 is 1.05. The second-order valence-corrected chi connectivity index (χ2v) is 7.59. The molecule has 1 aliphatic carbocycles. The summed E-state index contributed by atoms with van der Waals surface area (Å²) >= 11 is 15.4. The maximum Gasteiger partial charge on any atom is 0.171 e. The summed E-state index contributed by atoms with van der Waals surface area (Å²) in [6.45, 7) is 0. The minimum absolute atomic E-state index is 0.169. The van der Waals surface area contributed by atoms with Crippen LogP contribution in [-0.2, 0) is 5.54 Å². The molecule has 3 rings (SSSR count). The van der Waals surface area contributed by atoms with Gasteiger partial charge in [-0.2, -0.15) is 0 Å². The molecule has 0 aliphatic heterocycles. The smallest absolute Gasteiger partial charge is 0.171 e. The lowest BCUT2D eigenvalue weighted by atomic mass is 9.88. The molecule has 23 heavy (non-hydrogen) atoms. The van der Waals surface area contributed by atoms with Crippen LogP contribution in [0.4, 0.5) is 5.69 Å². The lowest BCUT2D eigenvalue weighted by Gasteiger charge is -2.33. The molecule has 2 nitrogen and oxygen atoms in total. The molecule has 5 heteroatoms. The Labute approximate surface area is 155 Å². The third kappa shape index (κ3) is 3.87. The van der Waals surface area contributed by atoms with Crippen LogP contribution in [-0.4, -0.2) is 5.11 Å². The fourth-order valence-corrected chi connectivity index (χ4v) is 4.10. The molecule has 1 aliphatic rings. The van der Waals surface area contributed by atoms with Crippen LogP contribution in [0.2, 0.25) is 5.02 Å². The fraction of sp³-hybridized carbons (Fsp3) is 0.278. The lowest BCUT2D eigenvalue weighted by molar-refractivity contribution is 0.408. The molecule has 0 aromatic heterocycles. The van der Waals surface area contributed by atoms with Gasteiger partial charge in [0, 0.05) is 15.2 Å². The predicted molar refractivity (Wildman–Crippen MR) is 105 cm³/mol. The van der Waals surface area contributed by atoms with Gasteiger partial charge in [0.1, 0.15) is 0 Å². The topological polar surface area (TPSA) is 24.1 Å². The van der Waals surface area contributed by atoms with Gasteiger partial charge in [0.05, 0.1) is 5.54 Å². The lowest BCUT2D eigenvalue weighted by Crippen LogP contribution is -2.45. The number of anilines is 1. The summed E-state index contributed by atoms with van der Waals surface area (Å²) in [6, 6.07) is 16.0. The maximum absolute atomic E-state index is 6.45. The average molecular weight is 410 g/mol. The molecule has 2 aromatic rings. The molecule has 0 saturated heterocycles. The number of thiocarbonyl (C=S) groups is 1. The van der Waals surface area contributed by atoms with Crippen molar-refractivity contribution in [2.24, 2.45) is 0 Å². The number of halogens is 2. The summed E-state index contributed by atoms with van der Waals surface area (Å²) in [5, 5.41) is 8.24. The highest BCUT2D eigenvalue weighted by atomic mass is 79.9. The second kappa shape index (κ2) is 7.20. The SMILES string of the molecule is S=C(Nc1ccc(Br)cc1)NC1(c2ccccc2Cl)CCCC1. The Morgan fingerprint density at radius 2 is 1.70 bits per heavy atom. The highest BCUT2D eigenvalue weighted by Crippen LogP contribution is 2.41. The van der Waals surface area contributed by atoms with E-state index >= 15 is 0 Å². The van der Waals surface area contributed by atoms with Crippen molar-refractivity contribution in [3.8, 4) is 0 Å². The van der Waals surface area contributed by atoms with Crippen LogP contribution >= 0.6 is 39.7 Å². The standard InChI is InChI=1S/C18H18BrClN2S/c19-13-7-9-14(10-8-13)21-17(23)22-18(11-3-4-12-18)15-5-1-2-6-16(15)20/h1-2,5-10H,3-4,11-12H2,(H2,21,22,23). The van der Waals surface area contributed by atoms with Crippen molar-refractivity contribution >= 4 is 50.5 Å². The highest BCUT2D eigenvalue weighted by Gasteiger charge is 2.37. The summed E-state index contributed by atoms with van der Waals surface area (Å²) in [7, 11) is 0. The first-order chi connectivity index (χ1) is 11.1. The summed E-state index contributed by atoms with van der Waals surface area (Å²) in [6.07, 6.45) is 4.44. The Kier molecular flexibility index (Phi) is 5.24. The van der Waals surface area contributed by atoms with E-state index in [1.165, 1.54) is 12.8 Å². The van der Waals surface area contributed by atoms with E-state index in [0.29, 0.717) is 5.11 Å². The molecule has 0 radical (unpaired) electrons. The zero-order chi connectivity index (χ0) is 16.3. The number of rotatable bonds is 3. The third-order valence-electron chi connectivity index (χ3n) is 4.30. The fourth-order valence-electron chi connectivity index (χ4n) is 3.20. The van der Waals surface area contributed by atoms with Crippen LogP contribution in [0.15, 0.2) is 53.0 Å². The number of nitrogens with one attached hydrogen (secondary N) is 2. The van der Waals surface area contributed by atoms with Crippen molar-refractivity contribution < 1.29 is 0 Å². The molecule has 0 unspecified atom stereocenters. The molecule has 120 valence electrons. The van der Waals surface area contributed by atoms with E-state index in [0.717, 1.165) is 33.6 Å². The zero-order valence-corrected chi connectivity index (χ0v) is 15.8. The van der Waals surface area contributed by atoms with Gasteiger partial charge in [-0.25, -0.2) is 0 Å². The van der Waals surface area contributed by atoms with E-state index in [1.807, 2.05) is 42.5 Å². The van der Waals surface area contributed by atoms with Crippen LogP contribution in [0, 0.1) is 0 Å². The zero-order valence-electron chi connectivity index (χ0n) is 12.6. The quantitative estimate of drug-likeness (QED) is 0.621. The Morgan fingerprint density at radius 3 is 2.35 bits per heavy atom. The minimum Gasteiger partial charge on any atom is -0.353 e. The van der Waals surface area contributed by atoms with E-state index in [-0.39, 0.29) is 5.54 Å². The van der Waals surface area contributed by atoms with Gasteiger partial charge in [-0.15, -0.1) is 0 Å². The largest absolute Gasteiger partial charge is 0.353 e. The molecule has 1 saturated carbocycles. The van der Waals surface area contributed by atoms with Crippen molar-refractivity contribution in [3.05, 3.63) is 63.6 Å². The van der Waals surface area contributed by atoms with E-state index in [9.17, 15) is 0 Å². The van der Waals surface area contributed by atoms with Gasteiger partial charge >= 0.3 is 0 Å². The van der Waals surface area contributed by atoms with Gasteiger partial charge < -0.3 is 10.6 Å². The Morgan fingerprint density at radius 1 is 1.04 bits per heavy atom. The van der Waals surface area contributed by atoms with Gasteiger partial charge in [-0.05, 0) is 61.0 Å². The van der Waals surface area contributed by atoms with E-state index in [1.54, 1.807) is 0 Å². The molecule has 2 aromatic carbocycles. The number of hydrogen-bond acceptors (Lipinski definition) is 1. The van der Waals surface area contributed by atoms with Gasteiger partial charge in [0.15, 0.2) is 5.11 Å². The summed E-state index contributed by atoms with van der Waals surface area (Å²) in [5.41, 5.74) is 1.94. The first kappa shape index (κ1) is 16.7. The predicted octanol–water partition coefficient (Wildman–Crippen LogP) is 5.86. The molecule has 0 bridgehead atoms. The molecule has 2 N–H and O–H groups in total. The normalized spacial score (nSPS) is 16.1. The third-order valence-corrected chi connectivity index (χ3v) is 5.36. The number of benzene rings is 2. The van der Waals surface area contributed by atoms with E-state index in [2.05, 4.69) is 32.6 Å². The molecule has 0 spiro atoms. The van der Waals surface area contributed by atoms with E-state index in [4.69, 9.17) is 23.8 Å². The summed E-state index contributed by atoms with van der Waals surface area (Å²) in [4.78, 5) is 0. The Bertz CT molecular complexity index is 696. The van der Waals surface area contributed by atoms with E-state index < -0.39 is 0 Å². The van der Waals surface area contributed by atoms with Crippen LogP contribution in [0.25, 0.3) is 0 Å². The number of hydrogen-bond donors (Lipinski definition) is 2.